The molecule has 0 amide bonds. The second-order valence-corrected chi connectivity index (χ2v) is 2.48. The van der Waals surface area contributed by atoms with E-state index in [4.69, 9.17) is 5.11 Å². The van der Waals surface area contributed by atoms with Gasteiger partial charge in [0, 0.05) is 18.3 Å². The lowest BCUT2D eigenvalue weighted by atomic mass is 10.2. The Balaban J connectivity index is 3.05. The Morgan fingerprint density at radius 2 is 2.30 bits per heavy atom. The second kappa shape index (κ2) is 2.42. The highest BCUT2D eigenvalue weighted by Gasteiger charge is 2.07. The number of hydrogen-bond acceptors (Lipinski definition) is 2. The molecule has 1 heterocycles. The maximum Gasteiger partial charge on any atom is 0.0795 e. The van der Waals surface area contributed by atoms with Crippen molar-refractivity contribution in [1.82, 2.24) is 9.78 Å². The molecule has 0 radical (unpaired) electrons. The van der Waals surface area contributed by atoms with Gasteiger partial charge in [0.2, 0.25) is 0 Å². The lowest BCUT2D eigenvalue weighted by Crippen LogP contribution is -1.96. The Morgan fingerprint density at radius 1 is 1.70 bits per heavy atom. The molecule has 56 valence electrons. The van der Waals surface area contributed by atoms with E-state index in [1.807, 2.05) is 14.0 Å². The first kappa shape index (κ1) is 7.28. The van der Waals surface area contributed by atoms with E-state index in [1.54, 1.807) is 17.8 Å². The second-order valence-electron chi connectivity index (χ2n) is 2.48. The van der Waals surface area contributed by atoms with Crippen LogP contribution in [0.3, 0.4) is 0 Å². The van der Waals surface area contributed by atoms with Gasteiger partial charge in [-0.15, -0.1) is 0 Å². The fourth-order valence-corrected chi connectivity index (χ4v) is 0.926. The Morgan fingerprint density at radius 3 is 2.50 bits per heavy atom. The molecule has 10 heavy (non-hydrogen) atoms. The largest absolute Gasteiger partial charge is 0.389 e. The van der Waals surface area contributed by atoms with Gasteiger partial charge in [0.1, 0.15) is 0 Å². The van der Waals surface area contributed by atoms with E-state index in [1.165, 1.54) is 0 Å². The minimum absolute atomic E-state index is 0.409. The predicted octanol–water partition coefficient (Wildman–Crippen LogP) is 0.782. The van der Waals surface area contributed by atoms with E-state index >= 15 is 0 Å². The molecule has 3 heteroatoms. The Kier molecular flexibility index (Phi) is 1.76. The smallest absolute Gasteiger partial charge is 0.0795 e. The molecule has 1 aromatic heterocycles. The quantitative estimate of drug-likeness (QED) is 0.626. The van der Waals surface area contributed by atoms with Crippen molar-refractivity contribution in [2.75, 3.05) is 0 Å². The number of aliphatic hydroxyl groups is 1. The summed E-state index contributed by atoms with van der Waals surface area (Å²) in [4.78, 5) is 0. The van der Waals surface area contributed by atoms with Gasteiger partial charge in [-0.05, 0) is 13.8 Å². The highest BCUT2D eigenvalue weighted by atomic mass is 16.3. The van der Waals surface area contributed by atoms with Gasteiger partial charge in [-0.2, -0.15) is 5.10 Å². The summed E-state index contributed by atoms with van der Waals surface area (Å²) >= 11 is 0. The summed E-state index contributed by atoms with van der Waals surface area (Å²) in [5.41, 5.74) is 1.93. The minimum Gasteiger partial charge on any atom is -0.389 e. The molecule has 0 aliphatic heterocycles. The van der Waals surface area contributed by atoms with Gasteiger partial charge in [-0.25, -0.2) is 0 Å². The zero-order valence-corrected chi connectivity index (χ0v) is 6.50. The van der Waals surface area contributed by atoms with Crippen molar-refractivity contribution in [3.8, 4) is 0 Å². The van der Waals surface area contributed by atoms with Crippen molar-refractivity contribution in [3.63, 3.8) is 0 Å². The number of aryl methyl sites for hydroxylation is 1. The molecule has 0 fully saturated rings. The summed E-state index contributed by atoms with van der Waals surface area (Å²) in [5, 5.41) is 13.2. The maximum absolute atomic E-state index is 9.16. The average Bonchev–Trinajstić information content (AvgIpc) is 2.14. The maximum atomic E-state index is 9.16. The minimum atomic E-state index is -0.409. The van der Waals surface area contributed by atoms with Gasteiger partial charge in [-0.3, -0.25) is 4.68 Å². The van der Waals surface area contributed by atoms with E-state index in [9.17, 15) is 0 Å². The lowest BCUT2D eigenvalue weighted by molar-refractivity contribution is 0.198. The van der Waals surface area contributed by atoms with Gasteiger partial charge in [0.25, 0.3) is 0 Å². The van der Waals surface area contributed by atoms with Crippen molar-refractivity contribution < 1.29 is 5.11 Å². The fourth-order valence-electron chi connectivity index (χ4n) is 0.926. The molecule has 3 nitrogen and oxygen atoms in total. The standard InChI is InChI=1S/C7H12N2O/c1-5-7(6(2)10)4-8-9(5)3/h4,6,10H,1-3H3/t6-/m0/s1. The van der Waals surface area contributed by atoms with Crippen LogP contribution in [0.4, 0.5) is 0 Å². The van der Waals surface area contributed by atoms with E-state index in [2.05, 4.69) is 5.10 Å². The van der Waals surface area contributed by atoms with Crippen molar-refractivity contribution in [2.45, 2.75) is 20.0 Å². The molecule has 0 spiro atoms. The first-order valence-electron chi connectivity index (χ1n) is 3.29. The van der Waals surface area contributed by atoms with Crippen LogP contribution < -0.4 is 0 Å². The lowest BCUT2D eigenvalue weighted by Gasteiger charge is -2.01. The van der Waals surface area contributed by atoms with Gasteiger partial charge < -0.3 is 5.11 Å². The molecular formula is C7H12N2O. The van der Waals surface area contributed by atoms with Crippen LogP contribution in [0, 0.1) is 6.92 Å². The van der Waals surface area contributed by atoms with Crippen LogP contribution >= 0.6 is 0 Å². The van der Waals surface area contributed by atoms with Crippen LogP contribution in [0.15, 0.2) is 6.20 Å². The monoisotopic (exact) mass is 140 g/mol. The van der Waals surface area contributed by atoms with Crippen LogP contribution in [-0.4, -0.2) is 14.9 Å². The third kappa shape index (κ3) is 1.04. The van der Waals surface area contributed by atoms with Crippen LogP contribution in [0.2, 0.25) is 0 Å². The van der Waals surface area contributed by atoms with Crippen molar-refractivity contribution in [3.05, 3.63) is 17.5 Å². The summed E-state index contributed by atoms with van der Waals surface area (Å²) in [7, 11) is 1.86. The molecule has 0 aromatic carbocycles. The fraction of sp³-hybridized carbons (Fsp3) is 0.571. The highest BCUT2D eigenvalue weighted by Crippen LogP contribution is 2.14. The molecule has 0 bridgehead atoms. The zero-order valence-electron chi connectivity index (χ0n) is 6.50. The van der Waals surface area contributed by atoms with Gasteiger partial charge in [0.15, 0.2) is 0 Å². The van der Waals surface area contributed by atoms with Crippen LogP contribution in [0.25, 0.3) is 0 Å². The molecule has 0 aliphatic carbocycles. The van der Waals surface area contributed by atoms with Crippen LogP contribution in [0.1, 0.15) is 24.3 Å². The summed E-state index contributed by atoms with van der Waals surface area (Å²) in [6.07, 6.45) is 1.29. The molecule has 1 N–H and O–H groups in total. The van der Waals surface area contributed by atoms with Gasteiger partial charge in [0.05, 0.1) is 12.3 Å². The Hall–Kier alpha value is -0.830. The number of nitrogens with zero attached hydrogens (tertiary/aromatic N) is 2. The van der Waals surface area contributed by atoms with Gasteiger partial charge >= 0.3 is 0 Å². The number of rotatable bonds is 1. The third-order valence-corrected chi connectivity index (χ3v) is 1.72. The number of aliphatic hydroxyl groups excluding tert-OH is 1. The highest BCUT2D eigenvalue weighted by molar-refractivity contribution is 5.17. The first-order valence-corrected chi connectivity index (χ1v) is 3.29. The van der Waals surface area contributed by atoms with Crippen LogP contribution in [0.5, 0.6) is 0 Å². The molecule has 1 atom stereocenters. The molecule has 0 saturated carbocycles. The molecule has 0 saturated heterocycles. The average molecular weight is 140 g/mol. The summed E-state index contributed by atoms with van der Waals surface area (Å²) in [6.45, 7) is 3.68. The molecule has 1 rings (SSSR count). The molecule has 1 aromatic rings. The Bertz CT molecular complexity index is 228. The van der Waals surface area contributed by atoms with Crippen molar-refractivity contribution in [2.24, 2.45) is 7.05 Å². The summed E-state index contributed by atoms with van der Waals surface area (Å²) in [6, 6.07) is 0. The topological polar surface area (TPSA) is 38.1 Å². The zero-order chi connectivity index (χ0) is 7.72. The normalized spacial score (nSPS) is 13.6. The number of hydrogen-bond donors (Lipinski definition) is 1. The van der Waals surface area contributed by atoms with Gasteiger partial charge in [-0.1, -0.05) is 0 Å². The van der Waals surface area contributed by atoms with Crippen molar-refractivity contribution in [1.29, 1.82) is 0 Å². The van der Waals surface area contributed by atoms with E-state index in [0.29, 0.717) is 0 Å². The molecular weight excluding hydrogens is 128 g/mol. The molecule has 0 unspecified atom stereocenters. The SMILES string of the molecule is Cc1c([C@H](C)O)cnn1C. The molecule has 0 aliphatic rings. The Labute approximate surface area is 60.3 Å². The van der Waals surface area contributed by atoms with E-state index in [-0.39, 0.29) is 0 Å². The number of aromatic nitrogens is 2. The summed E-state index contributed by atoms with van der Waals surface area (Å²) in [5.74, 6) is 0. The van der Waals surface area contributed by atoms with E-state index < -0.39 is 6.10 Å². The summed E-state index contributed by atoms with van der Waals surface area (Å²) < 4.78 is 1.75. The third-order valence-electron chi connectivity index (χ3n) is 1.72. The van der Waals surface area contributed by atoms with E-state index in [0.717, 1.165) is 11.3 Å². The van der Waals surface area contributed by atoms with Crippen molar-refractivity contribution >= 4 is 0 Å². The first-order chi connectivity index (χ1) is 4.63. The van der Waals surface area contributed by atoms with Crippen LogP contribution in [-0.2, 0) is 7.05 Å². The predicted molar refractivity (Wildman–Crippen MR) is 38.6 cm³/mol.